The largest absolute Gasteiger partial charge is 0.381 e. The number of hydrogen-bond donors (Lipinski definition) is 0. The molecule has 1 aromatic carbocycles. The Morgan fingerprint density at radius 2 is 1.74 bits per heavy atom. The van der Waals surface area contributed by atoms with Gasteiger partial charge < -0.3 is 14.5 Å². The number of hydrogen-bond acceptors (Lipinski definition) is 3. The minimum atomic E-state index is 0.0128. The van der Waals surface area contributed by atoms with Crippen molar-refractivity contribution < 1.29 is 14.3 Å². The van der Waals surface area contributed by atoms with Gasteiger partial charge in [-0.15, -0.1) is 0 Å². The summed E-state index contributed by atoms with van der Waals surface area (Å²) >= 11 is 0. The first-order valence-electron chi connectivity index (χ1n) is 8.43. The number of amides is 2. The lowest BCUT2D eigenvalue weighted by Crippen LogP contribution is -2.52. The predicted molar refractivity (Wildman–Crippen MR) is 87.2 cm³/mol. The molecule has 23 heavy (non-hydrogen) atoms. The lowest BCUT2D eigenvalue weighted by molar-refractivity contribution is -0.137. The molecule has 0 spiro atoms. The zero-order valence-electron chi connectivity index (χ0n) is 13.7. The van der Waals surface area contributed by atoms with Gasteiger partial charge in [0.2, 0.25) is 5.91 Å². The van der Waals surface area contributed by atoms with Gasteiger partial charge in [0.25, 0.3) is 5.91 Å². The highest BCUT2D eigenvalue weighted by molar-refractivity contribution is 5.94. The van der Waals surface area contributed by atoms with Crippen molar-refractivity contribution in [3.05, 3.63) is 35.4 Å². The van der Waals surface area contributed by atoms with Gasteiger partial charge in [-0.25, -0.2) is 0 Å². The molecule has 2 saturated heterocycles. The number of benzene rings is 1. The molecule has 0 radical (unpaired) electrons. The topological polar surface area (TPSA) is 49.9 Å². The SMILES string of the molecule is CCc1ccc(C(=O)N2CCN(C(=O)C3CCOC3)CC2)cc1. The summed E-state index contributed by atoms with van der Waals surface area (Å²) in [6.07, 6.45) is 1.79. The first-order valence-corrected chi connectivity index (χ1v) is 8.43. The average Bonchev–Trinajstić information content (AvgIpc) is 3.15. The van der Waals surface area contributed by atoms with Crippen molar-refractivity contribution in [2.45, 2.75) is 19.8 Å². The van der Waals surface area contributed by atoms with Crippen molar-refractivity contribution in [3.63, 3.8) is 0 Å². The van der Waals surface area contributed by atoms with Crippen molar-refractivity contribution in [1.29, 1.82) is 0 Å². The molecule has 5 heteroatoms. The number of piperazine rings is 1. The molecule has 0 bridgehead atoms. The molecule has 2 amide bonds. The fourth-order valence-corrected chi connectivity index (χ4v) is 3.18. The maximum Gasteiger partial charge on any atom is 0.253 e. The average molecular weight is 316 g/mol. The van der Waals surface area contributed by atoms with E-state index in [1.165, 1.54) is 5.56 Å². The van der Waals surface area contributed by atoms with Crippen LogP contribution in [0, 0.1) is 5.92 Å². The van der Waals surface area contributed by atoms with Crippen molar-refractivity contribution in [2.24, 2.45) is 5.92 Å². The quantitative estimate of drug-likeness (QED) is 0.850. The van der Waals surface area contributed by atoms with E-state index in [1.54, 1.807) is 0 Å². The zero-order valence-corrected chi connectivity index (χ0v) is 13.7. The molecule has 0 N–H and O–H groups in total. The third-order valence-corrected chi connectivity index (χ3v) is 4.77. The van der Waals surface area contributed by atoms with Gasteiger partial charge in [-0.05, 0) is 30.5 Å². The van der Waals surface area contributed by atoms with Crippen molar-refractivity contribution in [1.82, 2.24) is 9.80 Å². The molecule has 2 aliphatic rings. The van der Waals surface area contributed by atoms with Crippen LogP contribution in [0.3, 0.4) is 0 Å². The second kappa shape index (κ2) is 7.13. The van der Waals surface area contributed by atoms with Crippen LogP contribution >= 0.6 is 0 Å². The van der Waals surface area contributed by atoms with Gasteiger partial charge in [-0.3, -0.25) is 9.59 Å². The number of ether oxygens (including phenoxy) is 1. The molecule has 2 heterocycles. The van der Waals surface area contributed by atoms with Crippen LogP contribution in [0.4, 0.5) is 0 Å². The summed E-state index contributed by atoms with van der Waals surface area (Å²) in [6.45, 7) is 5.77. The van der Waals surface area contributed by atoms with Crippen LogP contribution in [0.2, 0.25) is 0 Å². The Morgan fingerprint density at radius 1 is 1.09 bits per heavy atom. The number of rotatable bonds is 3. The van der Waals surface area contributed by atoms with E-state index in [0.717, 1.165) is 18.4 Å². The van der Waals surface area contributed by atoms with Gasteiger partial charge in [0.1, 0.15) is 0 Å². The fraction of sp³-hybridized carbons (Fsp3) is 0.556. The van der Waals surface area contributed by atoms with E-state index < -0.39 is 0 Å². The summed E-state index contributed by atoms with van der Waals surface area (Å²) in [6, 6.07) is 7.81. The third kappa shape index (κ3) is 3.55. The summed E-state index contributed by atoms with van der Waals surface area (Å²) in [4.78, 5) is 28.6. The van der Waals surface area contributed by atoms with E-state index >= 15 is 0 Å². The molecule has 1 unspecified atom stereocenters. The van der Waals surface area contributed by atoms with Gasteiger partial charge in [-0.2, -0.15) is 0 Å². The van der Waals surface area contributed by atoms with Crippen LogP contribution in [-0.4, -0.2) is 61.0 Å². The molecule has 1 aromatic rings. The number of carbonyl (C=O) groups is 2. The Kier molecular flexibility index (Phi) is 4.96. The Balaban J connectivity index is 1.55. The monoisotopic (exact) mass is 316 g/mol. The smallest absolute Gasteiger partial charge is 0.253 e. The summed E-state index contributed by atoms with van der Waals surface area (Å²) in [7, 11) is 0. The lowest BCUT2D eigenvalue weighted by atomic mass is 10.1. The molecule has 3 rings (SSSR count). The molecule has 0 saturated carbocycles. The van der Waals surface area contributed by atoms with Crippen LogP contribution in [0.5, 0.6) is 0 Å². The molecule has 124 valence electrons. The minimum absolute atomic E-state index is 0.0128. The van der Waals surface area contributed by atoms with Gasteiger partial charge >= 0.3 is 0 Å². The van der Waals surface area contributed by atoms with Crippen LogP contribution < -0.4 is 0 Å². The molecular weight excluding hydrogens is 292 g/mol. The summed E-state index contributed by atoms with van der Waals surface area (Å²) < 4.78 is 5.29. The normalized spacial score (nSPS) is 21.5. The predicted octanol–water partition coefficient (Wildman–Crippen LogP) is 1.57. The second-order valence-corrected chi connectivity index (χ2v) is 6.23. The summed E-state index contributed by atoms with van der Waals surface area (Å²) in [5.41, 5.74) is 1.96. The Labute approximate surface area is 137 Å². The number of aryl methyl sites for hydroxylation is 1. The molecule has 0 aliphatic carbocycles. The maximum absolute atomic E-state index is 12.5. The molecule has 1 atom stereocenters. The highest BCUT2D eigenvalue weighted by atomic mass is 16.5. The summed E-state index contributed by atoms with van der Waals surface area (Å²) in [5, 5.41) is 0. The Morgan fingerprint density at radius 3 is 2.30 bits per heavy atom. The molecule has 5 nitrogen and oxygen atoms in total. The van der Waals surface area contributed by atoms with Gasteiger partial charge in [0, 0.05) is 38.3 Å². The highest BCUT2D eigenvalue weighted by Gasteiger charge is 2.31. The van der Waals surface area contributed by atoms with Gasteiger partial charge in [0.15, 0.2) is 0 Å². The van der Waals surface area contributed by atoms with E-state index in [4.69, 9.17) is 4.74 Å². The fourth-order valence-electron chi connectivity index (χ4n) is 3.18. The van der Waals surface area contributed by atoms with Crippen LogP contribution in [0.25, 0.3) is 0 Å². The van der Waals surface area contributed by atoms with E-state index in [1.807, 2.05) is 34.1 Å². The van der Waals surface area contributed by atoms with Crippen LogP contribution in [-0.2, 0) is 16.0 Å². The highest BCUT2D eigenvalue weighted by Crippen LogP contribution is 2.17. The summed E-state index contributed by atoms with van der Waals surface area (Å²) in [5.74, 6) is 0.254. The van der Waals surface area contributed by atoms with E-state index in [0.29, 0.717) is 39.4 Å². The second-order valence-electron chi connectivity index (χ2n) is 6.23. The minimum Gasteiger partial charge on any atom is -0.381 e. The molecule has 2 aliphatic heterocycles. The van der Waals surface area contributed by atoms with E-state index in [-0.39, 0.29) is 17.7 Å². The Bertz CT molecular complexity index is 556. The lowest BCUT2D eigenvalue weighted by Gasteiger charge is -2.35. The van der Waals surface area contributed by atoms with Gasteiger partial charge in [0.05, 0.1) is 12.5 Å². The maximum atomic E-state index is 12.5. The molecule has 0 aromatic heterocycles. The van der Waals surface area contributed by atoms with E-state index in [9.17, 15) is 9.59 Å². The van der Waals surface area contributed by atoms with Crippen LogP contribution in [0.1, 0.15) is 29.3 Å². The molecular formula is C18H24N2O3. The zero-order chi connectivity index (χ0) is 16.2. The first-order chi connectivity index (χ1) is 11.2. The van der Waals surface area contributed by atoms with Crippen molar-refractivity contribution >= 4 is 11.8 Å². The third-order valence-electron chi connectivity index (χ3n) is 4.77. The number of carbonyl (C=O) groups excluding carboxylic acids is 2. The van der Waals surface area contributed by atoms with Crippen LogP contribution in [0.15, 0.2) is 24.3 Å². The Hall–Kier alpha value is -1.88. The standard InChI is InChI=1S/C18H24N2O3/c1-2-14-3-5-15(6-4-14)17(21)19-8-10-20(11-9-19)18(22)16-7-12-23-13-16/h3-6,16H,2,7-13H2,1H3. The first kappa shape index (κ1) is 16.0. The van der Waals surface area contributed by atoms with Crippen molar-refractivity contribution in [3.8, 4) is 0 Å². The van der Waals surface area contributed by atoms with Crippen molar-refractivity contribution in [2.75, 3.05) is 39.4 Å². The van der Waals surface area contributed by atoms with Gasteiger partial charge in [-0.1, -0.05) is 19.1 Å². The molecule has 2 fully saturated rings. The number of nitrogens with zero attached hydrogens (tertiary/aromatic N) is 2. The van der Waals surface area contributed by atoms with E-state index in [2.05, 4.69) is 6.92 Å².